The molecule has 0 amide bonds. The van der Waals surface area contributed by atoms with E-state index < -0.39 is 11.2 Å². The molecule has 2 aromatic carbocycles. The largest absolute Gasteiger partial charge is 0.460 e. The Bertz CT molecular complexity index is 753. The number of carbonyl (C=O) groups is 1. The SMILES string of the molecule is C=C[C@@H](CCC(=O)OC(C)(C)C)[C@@](C)(O)c1ccc2ccccc2c1. The van der Waals surface area contributed by atoms with Crippen LogP contribution in [0.4, 0.5) is 0 Å². The highest BCUT2D eigenvalue weighted by Crippen LogP contribution is 2.35. The normalized spacial score (nSPS) is 15.4. The van der Waals surface area contributed by atoms with E-state index in [0.29, 0.717) is 6.42 Å². The summed E-state index contributed by atoms with van der Waals surface area (Å²) in [6.07, 6.45) is 2.45. The van der Waals surface area contributed by atoms with E-state index in [-0.39, 0.29) is 18.3 Å². The number of aliphatic hydroxyl groups is 1. The minimum Gasteiger partial charge on any atom is -0.460 e. The van der Waals surface area contributed by atoms with Gasteiger partial charge in [-0.05, 0) is 56.5 Å². The zero-order valence-electron chi connectivity index (χ0n) is 15.6. The van der Waals surface area contributed by atoms with E-state index >= 15 is 0 Å². The van der Waals surface area contributed by atoms with E-state index in [2.05, 4.69) is 6.58 Å². The molecule has 2 atom stereocenters. The van der Waals surface area contributed by atoms with Crippen LogP contribution in [0.15, 0.2) is 55.1 Å². The van der Waals surface area contributed by atoms with Crippen LogP contribution in [0.5, 0.6) is 0 Å². The van der Waals surface area contributed by atoms with Crippen molar-refractivity contribution in [3.05, 3.63) is 60.7 Å². The number of hydrogen-bond acceptors (Lipinski definition) is 3. The number of ether oxygens (including phenoxy) is 1. The predicted octanol–water partition coefficient (Wildman–Crippen LogP) is 4.97. The third-order valence-electron chi connectivity index (χ3n) is 4.42. The average molecular weight is 340 g/mol. The molecule has 3 nitrogen and oxygen atoms in total. The molecule has 25 heavy (non-hydrogen) atoms. The van der Waals surface area contributed by atoms with Gasteiger partial charge in [0.05, 0.1) is 5.60 Å². The summed E-state index contributed by atoms with van der Waals surface area (Å²) in [6, 6.07) is 14.0. The zero-order valence-corrected chi connectivity index (χ0v) is 15.6. The Hall–Kier alpha value is -2.13. The van der Waals surface area contributed by atoms with Gasteiger partial charge in [-0.25, -0.2) is 0 Å². The number of hydrogen-bond donors (Lipinski definition) is 1. The lowest BCUT2D eigenvalue weighted by atomic mass is 9.79. The second-order valence-corrected chi connectivity index (χ2v) is 7.68. The Balaban J connectivity index is 2.16. The number of esters is 1. The molecule has 0 saturated carbocycles. The van der Waals surface area contributed by atoms with Crippen molar-refractivity contribution in [1.82, 2.24) is 0 Å². The van der Waals surface area contributed by atoms with Gasteiger partial charge in [0.1, 0.15) is 5.60 Å². The molecule has 134 valence electrons. The Morgan fingerprint density at radius 1 is 1.16 bits per heavy atom. The van der Waals surface area contributed by atoms with Crippen LogP contribution < -0.4 is 0 Å². The van der Waals surface area contributed by atoms with Crippen LogP contribution in [-0.2, 0) is 15.1 Å². The van der Waals surface area contributed by atoms with Crippen LogP contribution in [0.25, 0.3) is 10.8 Å². The molecule has 0 spiro atoms. The second-order valence-electron chi connectivity index (χ2n) is 7.68. The van der Waals surface area contributed by atoms with Gasteiger partial charge in [0, 0.05) is 12.3 Å². The van der Waals surface area contributed by atoms with Gasteiger partial charge in [-0.1, -0.05) is 42.5 Å². The summed E-state index contributed by atoms with van der Waals surface area (Å²) in [4.78, 5) is 12.0. The number of carbonyl (C=O) groups excluding carboxylic acids is 1. The fourth-order valence-corrected chi connectivity index (χ4v) is 3.01. The molecule has 0 heterocycles. The Kier molecular flexibility index (Phi) is 5.69. The second kappa shape index (κ2) is 7.40. The summed E-state index contributed by atoms with van der Waals surface area (Å²) >= 11 is 0. The average Bonchev–Trinajstić information content (AvgIpc) is 2.53. The first-order chi connectivity index (χ1) is 11.6. The van der Waals surface area contributed by atoms with Crippen molar-refractivity contribution in [2.45, 2.75) is 51.7 Å². The third-order valence-corrected chi connectivity index (χ3v) is 4.42. The maximum atomic E-state index is 12.0. The lowest BCUT2D eigenvalue weighted by molar-refractivity contribution is -0.155. The smallest absolute Gasteiger partial charge is 0.306 e. The van der Waals surface area contributed by atoms with Gasteiger partial charge in [0.2, 0.25) is 0 Å². The third kappa shape index (κ3) is 4.93. The molecule has 1 N–H and O–H groups in total. The van der Waals surface area contributed by atoms with E-state index in [1.807, 2.05) is 63.2 Å². The standard InChI is InChI=1S/C22H28O3/c1-6-18(13-14-20(23)25-21(2,3)4)22(5,24)19-12-11-16-9-7-8-10-17(16)15-19/h6-12,15,18,24H,1,13-14H2,2-5H3/t18-,22+/m0/s1. The first-order valence-corrected chi connectivity index (χ1v) is 8.69. The molecule has 0 aliphatic carbocycles. The van der Waals surface area contributed by atoms with Crippen LogP contribution in [0.2, 0.25) is 0 Å². The van der Waals surface area contributed by atoms with Crippen molar-refractivity contribution in [2.75, 3.05) is 0 Å². The molecule has 0 fully saturated rings. The summed E-state index contributed by atoms with van der Waals surface area (Å²) in [6.45, 7) is 11.2. The summed E-state index contributed by atoms with van der Waals surface area (Å²) < 4.78 is 5.35. The molecule has 2 rings (SSSR count). The summed E-state index contributed by atoms with van der Waals surface area (Å²) in [5, 5.41) is 13.3. The lowest BCUT2D eigenvalue weighted by Gasteiger charge is -2.32. The maximum absolute atomic E-state index is 12.0. The molecule has 0 aromatic heterocycles. The minimum atomic E-state index is -1.10. The molecule has 0 saturated heterocycles. The van der Waals surface area contributed by atoms with Crippen molar-refractivity contribution < 1.29 is 14.6 Å². The molecule has 0 radical (unpaired) electrons. The Morgan fingerprint density at radius 2 is 1.80 bits per heavy atom. The fourth-order valence-electron chi connectivity index (χ4n) is 3.01. The van der Waals surface area contributed by atoms with Crippen LogP contribution in [0.3, 0.4) is 0 Å². The van der Waals surface area contributed by atoms with Gasteiger partial charge in [-0.15, -0.1) is 6.58 Å². The molecule has 0 unspecified atom stereocenters. The number of benzene rings is 2. The van der Waals surface area contributed by atoms with Crippen LogP contribution in [0.1, 0.15) is 46.1 Å². The highest BCUT2D eigenvalue weighted by atomic mass is 16.6. The fraction of sp³-hybridized carbons (Fsp3) is 0.409. The maximum Gasteiger partial charge on any atom is 0.306 e. The molecular weight excluding hydrogens is 312 g/mol. The van der Waals surface area contributed by atoms with Crippen molar-refractivity contribution in [3.63, 3.8) is 0 Å². The molecule has 2 aromatic rings. The van der Waals surface area contributed by atoms with Gasteiger partial charge in [0.15, 0.2) is 0 Å². The topological polar surface area (TPSA) is 46.5 Å². The van der Waals surface area contributed by atoms with E-state index in [1.165, 1.54) is 0 Å². The summed E-state index contributed by atoms with van der Waals surface area (Å²) in [7, 11) is 0. The highest BCUT2D eigenvalue weighted by Gasteiger charge is 2.32. The van der Waals surface area contributed by atoms with Crippen molar-refractivity contribution in [2.24, 2.45) is 5.92 Å². The van der Waals surface area contributed by atoms with Gasteiger partial charge < -0.3 is 9.84 Å². The minimum absolute atomic E-state index is 0.248. The molecule has 0 bridgehead atoms. The van der Waals surface area contributed by atoms with E-state index in [0.717, 1.165) is 16.3 Å². The molecular formula is C22H28O3. The Labute approximate surface area is 150 Å². The number of rotatable bonds is 6. The van der Waals surface area contributed by atoms with Gasteiger partial charge in [-0.2, -0.15) is 0 Å². The van der Waals surface area contributed by atoms with Gasteiger partial charge in [-0.3, -0.25) is 4.79 Å². The Morgan fingerprint density at radius 3 is 2.40 bits per heavy atom. The summed E-state index contributed by atoms with van der Waals surface area (Å²) in [5.74, 6) is -0.505. The van der Waals surface area contributed by atoms with Crippen molar-refractivity contribution in [3.8, 4) is 0 Å². The zero-order chi connectivity index (χ0) is 18.7. The van der Waals surface area contributed by atoms with E-state index in [4.69, 9.17) is 4.74 Å². The van der Waals surface area contributed by atoms with Crippen molar-refractivity contribution in [1.29, 1.82) is 0 Å². The number of fused-ring (bicyclic) bond motifs is 1. The summed E-state index contributed by atoms with van der Waals surface area (Å²) in [5.41, 5.74) is -0.782. The van der Waals surface area contributed by atoms with Crippen LogP contribution in [0, 0.1) is 5.92 Å². The first kappa shape index (κ1) is 19.2. The van der Waals surface area contributed by atoms with Gasteiger partial charge in [0.25, 0.3) is 0 Å². The van der Waals surface area contributed by atoms with Crippen LogP contribution in [-0.4, -0.2) is 16.7 Å². The van der Waals surface area contributed by atoms with Crippen LogP contribution >= 0.6 is 0 Å². The van der Waals surface area contributed by atoms with Crippen molar-refractivity contribution >= 4 is 16.7 Å². The molecule has 0 aliphatic rings. The molecule has 0 aliphatic heterocycles. The first-order valence-electron chi connectivity index (χ1n) is 8.69. The van der Waals surface area contributed by atoms with E-state index in [9.17, 15) is 9.90 Å². The highest BCUT2D eigenvalue weighted by molar-refractivity contribution is 5.83. The molecule has 3 heteroatoms. The monoisotopic (exact) mass is 340 g/mol. The van der Waals surface area contributed by atoms with Gasteiger partial charge >= 0.3 is 5.97 Å². The quantitative estimate of drug-likeness (QED) is 0.596. The lowest BCUT2D eigenvalue weighted by Crippen LogP contribution is -2.31. The van der Waals surface area contributed by atoms with E-state index in [1.54, 1.807) is 13.0 Å². The predicted molar refractivity (Wildman–Crippen MR) is 102 cm³/mol.